The van der Waals surface area contributed by atoms with Gasteiger partial charge in [0.1, 0.15) is 0 Å². The van der Waals surface area contributed by atoms with Crippen molar-refractivity contribution in [3.05, 3.63) is 112 Å². The molecule has 9 nitrogen and oxygen atoms in total. The molecule has 5 rings (SSSR count). The van der Waals surface area contributed by atoms with E-state index in [1.54, 1.807) is 48.9 Å². The van der Waals surface area contributed by atoms with E-state index in [4.69, 9.17) is 4.74 Å². The molecule has 2 aromatic heterocycles. The Morgan fingerprint density at radius 3 is 2.61 bits per heavy atom. The van der Waals surface area contributed by atoms with E-state index < -0.39 is 17.1 Å². The molecule has 0 bridgehead atoms. The lowest BCUT2D eigenvalue weighted by Crippen LogP contribution is -2.26. The summed E-state index contributed by atoms with van der Waals surface area (Å²) in [4.78, 5) is 30.7. The van der Waals surface area contributed by atoms with Gasteiger partial charge in [0.15, 0.2) is 0 Å². The Morgan fingerprint density at radius 1 is 1.09 bits per heavy atom. The van der Waals surface area contributed by atoms with E-state index in [2.05, 4.69) is 15.1 Å². The van der Waals surface area contributed by atoms with Gasteiger partial charge in [-0.1, -0.05) is 18.2 Å². The number of nitro groups is 1. The second-order valence-corrected chi connectivity index (χ2v) is 7.27. The van der Waals surface area contributed by atoms with Gasteiger partial charge in [0.05, 0.1) is 4.92 Å². The third kappa shape index (κ3) is 3.94. The van der Waals surface area contributed by atoms with Gasteiger partial charge in [-0.05, 0) is 42.0 Å². The Balaban J connectivity index is 1.47. The van der Waals surface area contributed by atoms with E-state index in [9.17, 15) is 14.9 Å². The lowest BCUT2D eigenvalue weighted by atomic mass is 10.1. The summed E-state index contributed by atoms with van der Waals surface area (Å²) < 4.78 is 6.13. The van der Waals surface area contributed by atoms with Crippen LogP contribution in [0.2, 0.25) is 0 Å². The Bertz CT molecular complexity index is 1390. The Morgan fingerprint density at radius 2 is 1.85 bits per heavy atom. The maximum Gasteiger partial charge on any atom is 0.270 e. The minimum Gasteiger partial charge on any atom is -0.446 e. The highest BCUT2D eigenvalue weighted by Gasteiger charge is 2.35. The molecule has 162 valence electrons. The molecule has 4 aromatic rings. The number of fused-ring (bicyclic) bond motifs is 1. The standard InChI is InChI=1S/C24H17N5O4/c30-22(10-7-16-5-8-18(9-6-16)29(31)32)28-24(20-15-26-21-4-2-1-3-19(20)21)33-23(27-28)17-11-13-25-14-12-17/h1-15,24,26H/b10-7-. The average molecular weight is 439 g/mol. The number of carbonyl (C=O) groups excluding carboxylic acids is 1. The highest BCUT2D eigenvalue weighted by Crippen LogP contribution is 2.34. The highest BCUT2D eigenvalue weighted by atomic mass is 16.6. The molecule has 1 aliphatic heterocycles. The van der Waals surface area contributed by atoms with E-state index in [1.807, 2.05) is 24.3 Å². The van der Waals surface area contributed by atoms with Gasteiger partial charge in [-0.25, -0.2) is 0 Å². The van der Waals surface area contributed by atoms with Crippen LogP contribution in [0.3, 0.4) is 0 Å². The summed E-state index contributed by atoms with van der Waals surface area (Å²) >= 11 is 0. The van der Waals surface area contributed by atoms with Crippen molar-refractivity contribution in [1.82, 2.24) is 15.0 Å². The number of non-ortho nitro benzene ring substituents is 1. The van der Waals surface area contributed by atoms with Crippen LogP contribution in [-0.2, 0) is 9.53 Å². The summed E-state index contributed by atoms with van der Waals surface area (Å²) in [6.45, 7) is 0. The first-order valence-corrected chi connectivity index (χ1v) is 10.1. The first-order chi connectivity index (χ1) is 16.1. The van der Waals surface area contributed by atoms with Crippen LogP contribution in [0.5, 0.6) is 0 Å². The molecule has 0 saturated carbocycles. The molecule has 1 N–H and O–H groups in total. The zero-order valence-corrected chi connectivity index (χ0v) is 17.2. The first kappa shape index (κ1) is 20.1. The number of nitrogens with one attached hydrogen (secondary N) is 1. The number of aromatic amines is 1. The van der Waals surface area contributed by atoms with Crippen molar-refractivity contribution in [2.75, 3.05) is 0 Å². The minimum absolute atomic E-state index is 0.0163. The number of pyridine rings is 1. The van der Waals surface area contributed by atoms with Crippen LogP contribution >= 0.6 is 0 Å². The fourth-order valence-electron chi connectivity index (χ4n) is 3.56. The quantitative estimate of drug-likeness (QED) is 0.281. The Hall–Kier alpha value is -4.79. The van der Waals surface area contributed by atoms with Crippen molar-refractivity contribution < 1.29 is 14.5 Å². The summed E-state index contributed by atoms with van der Waals surface area (Å²) in [5, 5.41) is 17.5. The molecule has 2 aromatic carbocycles. The molecule has 1 unspecified atom stereocenters. The number of nitrogens with zero attached hydrogens (tertiary/aromatic N) is 4. The van der Waals surface area contributed by atoms with Crippen molar-refractivity contribution in [3.63, 3.8) is 0 Å². The summed E-state index contributed by atoms with van der Waals surface area (Å²) in [5.74, 6) is -0.0857. The van der Waals surface area contributed by atoms with E-state index in [-0.39, 0.29) is 5.69 Å². The zero-order valence-electron chi connectivity index (χ0n) is 17.2. The lowest BCUT2D eigenvalue weighted by Gasteiger charge is -2.18. The van der Waals surface area contributed by atoms with Gasteiger partial charge < -0.3 is 9.72 Å². The van der Waals surface area contributed by atoms with Crippen molar-refractivity contribution >= 4 is 34.5 Å². The normalized spacial score (nSPS) is 15.6. The molecule has 0 fully saturated rings. The number of hydrogen-bond donors (Lipinski definition) is 1. The highest BCUT2D eigenvalue weighted by molar-refractivity contribution is 5.99. The average Bonchev–Trinajstić information content (AvgIpc) is 3.48. The number of hydrogen-bond acceptors (Lipinski definition) is 6. The third-order valence-corrected chi connectivity index (χ3v) is 5.21. The smallest absolute Gasteiger partial charge is 0.270 e. The molecule has 1 aliphatic rings. The monoisotopic (exact) mass is 439 g/mol. The Labute approximate surface area is 187 Å². The van der Waals surface area contributed by atoms with Gasteiger partial charge >= 0.3 is 0 Å². The molecule has 33 heavy (non-hydrogen) atoms. The third-order valence-electron chi connectivity index (χ3n) is 5.21. The van der Waals surface area contributed by atoms with Gasteiger partial charge in [0.2, 0.25) is 12.1 Å². The van der Waals surface area contributed by atoms with Gasteiger partial charge in [0.25, 0.3) is 11.6 Å². The number of aromatic nitrogens is 2. The molecule has 0 saturated heterocycles. The summed E-state index contributed by atoms with van der Waals surface area (Å²) in [7, 11) is 0. The van der Waals surface area contributed by atoms with Crippen molar-refractivity contribution in [3.8, 4) is 0 Å². The number of hydrazone groups is 1. The van der Waals surface area contributed by atoms with Gasteiger partial charge in [-0.2, -0.15) is 5.01 Å². The Kier molecular flexibility index (Phi) is 5.12. The van der Waals surface area contributed by atoms with Crippen LogP contribution in [0.4, 0.5) is 5.69 Å². The number of carbonyl (C=O) groups is 1. The van der Waals surface area contributed by atoms with E-state index in [1.165, 1.54) is 23.2 Å². The largest absolute Gasteiger partial charge is 0.446 e. The predicted molar refractivity (Wildman–Crippen MR) is 122 cm³/mol. The summed E-state index contributed by atoms with van der Waals surface area (Å²) in [5.41, 5.74) is 3.02. The first-order valence-electron chi connectivity index (χ1n) is 10.1. The number of amides is 1. The number of rotatable bonds is 5. The maximum atomic E-state index is 13.1. The van der Waals surface area contributed by atoms with Crippen LogP contribution in [0.15, 0.2) is 90.4 Å². The number of para-hydroxylation sites is 1. The van der Waals surface area contributed by atoms with Crippen LogP contribution in [0, 0.1) is 10.1 Å². The van der Waals surface area contributed by atoms with E-state index in [0.29, 0.717) is 17.0 Å². The SMILES string of the molecule is O=C(/C=C\c1ccc([N+](=O)[O-])cc1)N1N=C(c2ccncc2)OC1c1c[nH]c2ccccc12. The zero-order chi connectivity index (χ0) is 22.8. The molecule has 0 spiro atoms. The van der Waals surface area contributed by atoms with Crippen LogP contribution in [-0.4, -0.2) is 31.7 Å². The molecule has 0 radical (unpaired) electrons. The molecular weight excluding hydrogens is 422 g/mol. The fraction of sp³-hybridized carbons (Fsp3) is 0.0417. The topological polar surface area (TPSA) is 114 Å². The number of H-pyrrole nitrogens is 1. The lowest BCUT2D eigenvalue weighted by molar-refractivity contribution is -0.384. The fourth-order valence-corrected chi connectivity index (χ4v) is 3.56. The summed E-state index contributed by atoms with van der Waals surface area (Å²) in [6.07, 6.45) is 7.24. The molecular formula is C24H17N5O4. The predicted octanol–water partition coefficient (Wildman–Crippen LogP) is 4.40. The van der Waals surface area contributed by atoms with Crippen LogP contribution in [0.25, 0.3) is 17.0 Å². The molecule has 0 aliphatic carbocycles. The van der Waals surface area contributed by atoms with Crippen molar-refractivity contribution in [1.29, 1.82) is 0 Å². The molecule has 3 heterocycles. The van der Waals surface area contributed by atoms with E-state index in [0.717, 1.165) is 16.5 Å². The second-order valence-electron chi connectivity index (χ2n) is 7.27. The van der Waals surface area contributed by atoms with Gasteiger partial charge in [-0.3, -0.25) is 19.9 Å². The summed E-state index contributed by atoms with van der Waals surface area (Å²) in [6, 6.07) is 17.2. The van der Waals surface area contributed by atoms with Crippen LogP contribution < -0.4 is 0 Å². The van der Waals surface area contributed by atoms with Crippen LogP contribution in [0.1, 0.15) is 22.9 Å². The van der Waals surface area contributed by atoms with Gasteiger partial charge in [0, 0.05) is 58.8 Å². The van der Waals surface area contributed by atoms with Gasteiger partial charge in [-0.15, -0.1) is 5.10 Å². The number of nitro benzene ring substituents is 1. The maximum absolute atomic E-state index is 13.1. The second kappa shape index (κ2) is 8.39. The minimum atomic E-state index is -0.765. The number of benzene rings is 2. The van der Waals surface area contributed by atoms with E-state index >= 15 is 0 Å². The molecule has 9 heteroatoms. The number of ether oxygens (including phenoxy) is 1. The molecule has 1 amide bonds. The molecule has 1 atom stereocenters. The van der Waals surface area contributed by atoms with Crippen molar-refractivity contribution in [2.24, 2.45) is 5.10 Å². The van der Waals surface area contributed by atoms with Crippen molar-refractivity contribution in [2.45, 2.75) is 6.23 Å².